The van der Waals surface area contributed by atoms with Gasteiger partial charge < -0.3 is 19.7 Å². The number of benzene rings is 1. The Hall–Kier alpha value is -1.73. The van der Waals surface area contributed by atoms with Crippen LogP contribution in [0.3, 0.4) is 0 Å². The molecule has 1 N–H and O–H groups in total. The number of alkyl halides is 2. The lowest BCUT2D eigenvalue weighted by atomic mass is 9.90. The molecule has 2 aliphatic rings. The van der Waals surface area contributed by atoms with E-state index in [1.165, 1.54) is 18.2 Å². The van der Waals surface area contributed by atoms with Crippen molar-refractivity contribution in [2.75, 3.05) is 31.6 Å². The minimum Gasteiger partial charge on any atom is -0.347 e. The summed E-state index contributed by atoms with van der Waals surface area (Å²) in [7, 11) is 0. The Labute approximate surface area is 139 Å². The molecule has 0 radical (unpaired) electrons. The van der Waals surface area contributed by atoms with E-state index in [1.54, 1.807) is 11.0 Å². The molecule has 1 atom stereocenters. The van der Waals surface area contributed by atoms with Crippen LogP contribution in [0.2, 0.25) is 0 Å². The van der Waals surface area contributed by atoms with Crippen LogP contribution >= 0.6 is 0 Å². The first kappa shape index (κ1) is 17.1. The van der Waals surface area contributed by atoms with Crippen LogP contribution in [0, 0.1) is 5.92 Å². The molecule has 2 aliphatic heterocycles. The first-order valence-corrected chi connectivity index (χ1v) is 8.20. The molecular weight excluding hydrogens is 318 g/mol. The lowest BCUT2D eigenvalue weighted by Gasteiger charge is -2.39. The van der Waals surface area contributed by atoms with Crippen molar-refractivity contribution in [3.05, 3.63) is 29.8 Å². The maximum atomic E-state index is 12.8. The van der Waals surface area contributed by atoms with E-state index in [2.05, 4.69) is 5.32 Å². The van der Waals surface area contributed by atoms with Gasteiger partial charge in [0.15, 0.2) is 5.79 Å². The number of hydrogen-bond donors (Lipinski definition) is 1. The monoisotopic (exact) mass is 340 g/mol. The summed E-state index contributed by atoms with van der Waals surface area (Å²) in [5.41, 5.74) is 0.268. The number of amides is 2. The Kier molecular flexibility index (Phi) is 5.01. The van der Waals surface area contributed by atoms with Gasteiger partial charge in [-0.05, 0) is 31.9 Å². The fourth-order valence-corrected chi connectivity index (χ4v) is 3.31. The molecule has 0 saturated carbocycles. The normalized spacial score (nSPS) is 23.5. The Morgan fingerprint density at radius 3 is 2.83 bits per heavy atom. The van der Waals surface area contributed by atoms with E-state index in [1.807, 2.05) is 6.92 Å². The van der Waals surface area contributed by atoms with Crippen LogP contribution in [0.5, 0.6) is 0 Å². The van der Waals surface area contributed by atoms with Crippen molar-refractivity contribution >= 4 is 11.7 Å². The van der Waals surface area contributed by atoms with E-state index in [0.717, 1.165) is 12.8 Å². The van der Waals surface area contributed by atoms with Crippen molar-refractivity contribution in [3.63, 3.8) is 0 Å². The number of nitrogens with zero attached hydrogens (tertiary/aromatic N) is 1. The summed E-state index contributed by atoms with van der Waals surface area (Å²) in [6, 6.07) is 5.47. The number of anilines is 1. The van der Waals surface area contributed by atoms with Crippen molar-refractivity contribution in [2.45, 2.75) is 32.0 Å². The van der Waals surface area contributed by atoms with Crippen molar-refractivity contribution in [3.8, 4) is 0 Å². The smallest absolute Gasteiger partial charge is 0.321 e. The summed E-state index contributed by atoms with van der Waals surface area (Å²) >= 11 is 0. The van der Waals surface area contributed by atoms with Crippen LogP contribution in [0.15, 0.2) is 24.3 Å². The molecule has 0 aromatic heterocycles. The fraction of sp³-hybridized carbons (Fsp3) is 0.588. The van der Waals surface area contributed by atoms with E-state index in [4.69, 9.17) is 9.47 Å². The first-order chi connectivity index (χ1) is 11.5. The van der Waals surface area contributed by atoms with Crippen LogP contribution in [0.4, 0.5) is 19.3 Å². The van der Waals surface area contributed by atoms with E-state index < -0.39 is 12.2 Å². The Morgan fingerprint density at radius 1 is 1.38 bits per heavy atom. The average Bonchev–Trinajstić information content (AvgIpc) is 3.03. The SMILES string of the molecule is CC1([C@@H]2CCCN(C(=O)Nc3cccc(C(F)F)c3)C2)OCCO1. The molecule has 0 spiro atoms. The summed E-state index contributed by atoms with van der Waals surface area (Å²) in [5.74, 6) is -0.541. The van der Waals surface area contributed by atoms with Crippen molar-refractivity contribution in [1.82, 2.24) is 4.90 Å². The molecule has 5 nitrogen and oxygen atoms in total. The van der Waals surface area contributed by atoms with Gasteiger partial charge in [0, 0.05) is 30.3 Å². The Balaban J connectivity index is 1.63. The second kappa shape index (κ2) is 7.03. The van der Waals surface area contributed by atoms with Crippen LogP contribution in [-0.2, 0) is 9.47 Å². The van der Waals surface area contributed by atoms with E-state index >= 15 is 0 Å². The average molecular weight is 340 g/mol. The molecule has 0 bridgehead atoms. The number of urea groups is 1. The summed E-state index contributed by atoms with van der Waals surface area (Å²) in [5, 5.41) is 2.70. The van der Waals surface area contributed by atoms with E-state index in [9.17, 15) is 13.6 Å². The number of likely N-dealkylation sites (tertiary alicyclic amines) is 1. The minimum atomic E-state index is -2.56. The van der Waals surface area contributed by atoms with Crippen LogP contribution in [0.25, 0.3) is 0 Å². The molecule has 2 amide bonds. The zero-order valence-corrected chi connectivity index (χ0v) is 13.6. The third-order valence-corrected chi connectivity index (χ3v) is 4.70. The highest BCUT2D eigenvalue weighted by Crippen LogP contribution is 2.34. The molecule has 2 fully saturated rings. The van der Waals surface area contributed by atoms with Crippen molar-refractivity contribution < 1.29 is 23.0 Å². The van der Waals surface area contributed by atoms with Gasteiger partial charge in [0.2, 0.25) is 0 Å². The Bertz CT molecular complexity index is 591. The number of piperidine rings is 1. The lowest BCUT2D eigenvalue weighted by molar-refractivity contribution is -0.189. The van der Waals surface area contributed by atoms with Crippen LogP contribution < -0.4 is 5.32 Å². The zero-order valence-electron chi connectivity index (χ0n) is 13.6. The second-order valence-corrected chi connectivity index (χ2v) is 6.35. The molecule has 0 unspecified atom stereocenters. The van der Waals surface area contributed by atoms with Gasteiger partial charge >= 0.3 is 6.03 Å². The van der Waals surface area contributed by atoms with Gasteiger partial charge in [0.1, 0.15) is 0 Å². The van der Waals surface area contributed by atoms with Crippen LogP contribution in [0.1, 0.15) is 31.8 Å². The first-order valence-electron chi connectivity index (χ1n) is 8.20. The molecule has 7 heteroatoms. The summed E-state index contributed by atoms with van der Waals surface area (Å²) < 4.78 is 36.9. The number of rotatable bonds is 3. The highest BCUT2D eigenvalue weighted by Gasteiger charge is 2.42. The molecular formula is C17H22F2N2O3. The molecule has 1 aromatic rings. The fourth-order valence-electron chi connectivity index (χ4n) is 3.31. The number of carbonyl (C=O) groups excluding carboxylic acids is 1. The van der Waals surface area contributed by atoms with Crippen LogP contribution in [-0.4, -0.2) is 43.0 Å². The van der Waals surface area contributed by atoms with Gasteiger partial charge in [-0.1, -0.05) is 12.1 Å². The Morgan fingerprint density at radius 2 is 2.12 bits per heavy atom. The maximum Gasteiger partial charge on any atom is 0.321 e. The molecule has 0 aliphatic carbocycles. The molecule has 1 aromatic carbocycles. The molecule has 2 saturated heterocycles. The predicted octanol–water partition coefficient (Wildman–Crippen LogP) is 3.63. The number of nitrogens with one attached hydrogen (secondary N) is 1. The van der Waals surface area contributed by atoms with Gasteiger partial charge in [-0.2, -0.15) is 0 Å². The highest BCUT2D eigenvalue weighted by molar-refractivity contribution is 5.89. The van der Waals surface area contributed by atoms with E-state index in [-0.39, 0.29) is 17.5 Å². The number of carbonyl (C=O) groups is 1. The van der Waals surface area contributed by atoms with Gasteiger partial charge in [-0.25, -0.2) is 13.6 Å². The maximum absolute atomic E-state index is 12.8. The predicted molar refractivity (Wildman–Crippen MR) is 85.0 cm³/mol. The number of ether oxygens (including phenoxy) is 2. The quantitative estimate of drug-likeness (QED) is 0.914. The number of hydrogen-bond acceptors (Lipinski definition) is 3. The standard InChI is InChI=1S/C17H22F2N2O3/c1-17(23-8-9-24-17)13-5-3-7-21(11-13)16(22)20-14-6-2-4-12(10-14)15(18)19/h2,4,6,10,13,15H,3,5,7-9,11H2,1H3,(H,20,22)/t13-/m1/s1. The molecule has 2 heterocycles. The van der Waals surface area contributed by atoms with Crippen molar-refractivity contribution in [1.29, 1.82) is 0 Å². The van der Waals surface area contributed by atoms with E-state index in [0.29, 0.717) is 32.0 Å². The van der Waals surface area contributed by atoms with Gasteiger partial charge in [0.05, 0.1) is 13.2 Å². The highest BCUT2D eigenvalue weighted by atomic mass is 19.3. The van der Waals surface area contributed by atoms with Crippen molar-refractivity contribution in [2.24, 2.45) is 5.92 Å². The zero-order chi connectivity index (χ0) is 17.2. The van der Waals surface area contributed by atoms with Gasteiger partial charge in [0.25, 0.3) is 6.43 Å². The topological polar surface area (TPSA) is 50.8 Å². The largest absolute Gasteiger partial charge is 0.347 e. The lowest BCUT2D eigenvalue weighted by Crippen LogP contribution is -2.49. The number of halogens is 2. The molecule has 132 valence electrons. The minimum absolute atomic E-state index is 0.104. The summed E-state index contributed by atoms with van der Waals surface area (Å²) in [6.45, 7) is 4.21. The second-order valence-electron chi connectivity index (χ2n) is 6.35. The third-order valence-electron chi connectivity index (χ3n) is 4.70. The third kappa shape index (κ3) is 3.67. The molecule has 3 rings (SSSR count). The summed E-state index contributed by atoms with van der Waals surface area (Å²) in [4.78, 5) is 14.2. The van der Waals surface area contributed by atoms with Gasteiger partial charge in [-0.15, -0.1) is 0 Å². The molecule has 24 heavy (non-hydrogen) atoms. The summed E-state index contributed by atoms with van der Waals surface area (Å²) in [6.07, 6.45) is -0.767. The van der Waals surface area contributed by atoms with Gasteiger partial charge in [-0.3, -0.25) is 0 Å².